The van der Waals surface area contributed by atoms with Crippen LogP contribution in [0.4, 0.5) is 0 Å². The maximum Gasteiger partial charge on any atom is 0.237 e. The van der Waals surface area contributed by atoms with E-state index in [1.807, 2.05) is 60.7 Å². The first kappa shape index (κ1) is 19.9. The van der Waals surface area contributed by atoms with E-state index in [9.17, 15) is 8.42 Å². The zero-order valence-corrected chi connectivity index (χ0v) is 16.9. The van der Waals surface area contributed by atoms with Gasteiger partial charge in [0.05, 0.1) is 25.0 Å². The average molecular weight is 420 g/mol. The Hall–Kier alpha value is -3.42. The van der Waals surface area contributed by atoms with Gasteiger partial charge >= 0.3 is 0 Å². The van der Waals surface area contributed by atoms with Gasteiger partial charge in [-0.1, -0.05) is 48.5 Å². The molecule has 0 aliphatic rings. The van der Waals surface area contributed by atoms with E-state index in [4.69, 9.17) is 8.83 Å². The van der Waals surface area contributed by atoms with Crippen molar-refractivity contribution in [3.63, 3.8) is 0 Å². The molecule has 0 aliphatic heterocycles. The number of benzene rings is 2. The third kappa shape index (κ3) is 4.94. The van der Waals surface area contributed by atoms with E-state index in [0.717, 1.165) is 11.1 Å². The second kappa shape index (κ2) is 8.94. The molecule has 0 N–H and O–H groups in total. The SMILES string of the molecule is O=S(=O)(/C=C/c1ccccc1)N(Cc1coc(-c2ccccc2)n1)Cc1ccco1. The monoisotopic (exact) mass is 420 g/mol. The summed E-state index contributed by atoms with van der Waals surface area (Å²) in [6, 6.07) is 22.2. The van der Waals surface area contributed by atoms with Gasteiger partial charge in [0.1, 0.15) is 12.0 Å². The van der Waals surface area contributed by atoms with Crippen molar-refractivity contribution in [2.24, 2.45) is 0 Å². The highest BCUT2D eigenvalue weighted by molar-refractivity contribution is 7.92. The number of aromatic nitrogens is 1. The largest absolute Gasteiger partial charge is 0.468 e. The van der Waals surface area contributed by atoms with Gasteiger partial charge in [-0.25, -0.2) is 13.4 Å². The highest BCUT2D eigenvalue weighted by Crippen LogP contribution is 2.21. The highest BCUT2D eigenvalue weighted by Gasteiger charge is 2.23. The summed E-state index contributed by atoms with van der Waals surface area (Å²) in [4.78, 5) is 4.45. The summed E-state index contributed by atoms with van der Waals surface area (Å²) in [6.07, 6.45) is 4.57. The number of nitrogens with zero attached hydrogens (tertiary/aromatic N) is 2. The average Bonchev–Trinajstić information content (AvgIpc) is 3.46. The molecule has 30 heavy (non-hydrogen) atoms. The minimum absolute atomic E-state index is 0.0541. The van der Waals surface area contributed by atoms with E-state index >= 15 is 0 Å². The number of hydrogen-bond donors (Lipinski definition) is 0. The summed E-state index contributed by atoms with van der Waals surface area (Å²) in [6.45, 7) is 0.139. The minimum atomic E-state index is -3.74. The molecule has 6 nitrogen and oxygen atoms in total. The maximum absolute atomic E-state index is 13.1. The smallest absolute Gasteiger partial charge is 0.237 e. The lowest BCUT2D eigenvalue weighted by Gasteiger charge is -2.17. The number of oxazole rings is 1. The summed E-state index contributed by atoms with van der Waals surface area (Å²) in [7, 11) is -3.74. The summed E-state index contributed by atoms with van der Waals surface area (Å²) in [5.41, 5.74) is 2.14. The lowest BCUT2D eigenvalue weighted by molar-refractivity contribution is 0.359. The molecule has 0 radical (unpaired) electrons. The first-order chi connectivity index (χ1) is 14.6. The molecule has 0 saturated heterocycles. The summed E-state index contributed by atoms with van der Waals surface area (Å²) in [5.74, 6) is 0.985. The van der Waals surface area contributed by atoms with Crippen LogP contribution in [0.2, 0.25) is 0 Å². The van der Waals surface area contributed by atoms with Crippen LogP contribution in [0.25, 0.3) is 17.5 Å². The summed E-state index contributed by atoms with van der Waals surface area (Å²) in [5, 5.41) is 1.20. The van der Waals surface area contributed by atoms with E-state index in [2.05, 4.69) is 4.98 Å². The Labute approximate surface area is 175 Å². The van der Waals surface area contributed by atoms with Gasteiger partial charge in [-0.15, -0.1) is 0 Å². The third-order valence-corrected chi connectivity index (χ3v) is 5.87. The van der Waals surface area contributed by atoms with Gasteiger partial charge in [-0.05, 0) is 35.9 Å². The molecule has 0 atom stereocenters. The zero-order valence-electron chi connectivity index (χ0n) is 16.1. The maximum atomic E-state index is 13.1. The van der Waals surface area contributed by atoms with Crippen LogP contribution < -0.4 is 0 Å². The third-order valence-electron chi connectivity index (χ3n) is 4.42. The number of furan rings is 1. The standard InChI is InChI=1S/C23H20N2O4S/c26-30(27,15-13-19-8-3-1-4-9-19)25(17-22-12-7-14-28-22)16-21-18-29-23(24-21)20-10-5-2-6-11-20/h1-15,18H,16-17H2/b15-13+. The van der Waals surface area contributed by atoms with Crippen molar-refractivity contribution in [2.75, 3.05) is 0 Å². The van der Waals surface area contributed by atoms with Crippen LogP contribution in [0.3, 0.4) is 0 Å². The molecular formula is C23H20N2O4S. The van der Waals surface area contributed by atoms with E-state index in [1.165, 1.54) is 22.2 Å². The molecule has 0 fully saturated rings. The zero-order chi connectivity index (χ0) is 20.8. The van der Waals surface area contributed by atoms with Crippen molar-refractivity contribution < 1.29 is 17.3 Å². The predicted molar refractivity (Wildman–Crippen MR) is 114 cm³/mol. The van der Waals surface area contributed by atoms with Crippen LogP contribution in [0, 0.1) is 0 Å². The van der Waals surface area contributed by atoms with Crippen molar-refractivity contribution in [2.45, 2.75) is 13.1 Å². The number of rotatable bonds is 8. The Kier molecular flexibility index (Phi) is 5.92. The predicted octanol–water partition coefficient (Wildman–Crippen LogP) is 4.94. The van der Waals surface area contributed by atoms with Gasteiger partial charge in [0, 0.05) is 11.0 Å². The van der Waals surface area contributed by atoms with E-state index in [-0.39, 0.29) is 13.1 Å². The van der Waals surface area contributed by atoms with E-state index < -0.39 is 10.0 Å². The topological polar surface area (TPSA) is 76.6 Å². The normalized spacial score (nSPS) is 12.0. The molecule has 0 unspecified atom stereocenters. The molecule has 0 spiro atoms. The van der Waals surface area contributed by atoms with Gasteiger partial charge in [-0.3, -0.25) is 0 Å². The van der Waals surface area contributed by atoms with Crippen molar-refractivity contribution in [3.8, 4) is 11.5 Å². The van der Waals surface area contributed by atoms with Crippen LogP contribution in [-0.2, 0) is 23.1 Å². The molecule has 0 amide bonds. The van der Waals surface area contributed by atoms with Crippen LogP contribution in [-0.4, -0.2) is 17.7 Å². The van der Waals surface area contributed by atoms with E-state index in [0.29, 0.717) is 17.3 Å². The quantitative estimate of drug-likeness (QED) is 0.404. The molecule has 7 heteroatoms. The van der Waals surface area contributed by atoms with Gasteiger partial charge in [0.15, 0.2) is 0 Å². The molecule has 0 bridgehead atoms. The van der Waals surface area contributed by atoms with Crippen LogP contribution in [0.5, 0.6) is 0 Å². The van der Waals surface area contributed by atoms with Crippen LogP contribution in [0.1, 0.15) is 17.0 Å². The fraction of sp³-hybridized carbons (Fsp3) is 0.0870. The fourth-order valence-electron chi connectivity index (χ4n) is 2.90. The second-order valence-electron chi connectivity index (χ2n) is 6.62. The Morgan fingerprint density at radius 1 is 0.867 bits per heavy atom. The van der Waals surface area contributed by atoms with Gasteiger partial charge < -0.3 is 8.83 Å². The number of sulfonamides is 1. The van der Waals surface area contributed by atoms with Crippen molar-refractivity contribution in [1.82, 2.24) is 9.29 Å². The summed E-state index contributed by atoms with van der Waals surface area (Å²) < 4.78 is 38.3. The molecule has 2 aromatic carbocycles. The molecule has 2 heterocycles. The first-order valence-corrected chi connectivity index (χ1v) is 10.9. The molecule has 0 aliphatic carbocycles. The van der Waals surface area contributed by atoms with Crippen LogP contribution in [0.15, 0.2) is 99.6 Å². The molecule has 2 aromatic heterocycles. The Morgan fingerprint density at radius 2 is 1.60 bits per heavy atom. The molecule has 4 rings (SSSR count). The van der Waals surface area contributed by atoms with Crippen molar-refractivity contribution in [3.05, 3.63) is 108 Å². The Bertz CT molecular complexity index is 1200. The lowest BCUT2D eigenvalue weighted by atomic mass is 10.2. The second-order valence-corrected chi connectivity index (χ2v) is 8.43. The van der Waals surface area contributed by atoms with Crippen LogP contribution >= 0.6 is 0 Å². The highest BCUT2D eigenvalue weighted by atomic mass is 32.2. The lowest BCUT2D eigenvalue weighted by Crippen LogP contribution is -2.28. The minimum Gasteiger partial charge on any atom is -0.468 e. The van der Waals surface area contributed by atoms with Gasteiger partial charge in [0.2, 0.25) is 15.9 Å². The molecule has 0 saturated carbocycles. The summed E-state index contributed by atoms with van der Waals surface area (Å²) >= 11 is 0. The van der Waals surface area contributed by atoms with Gasteiger partial charge in [0.25, 0.3) is 0 Å². The molecule has 4 aromatic rings. The van der Waals surface area contributed by atoms with Crippen molar-refractivity contribution in [1.29, 1.82) is 0 Å². The fourth-order valence-corrected chi connectivity index (χ4v) is 4.02. The van der Waals surface area contributed by atoms with E-state index in [1.54, 1.807) is 18.2 Å². The number of hydrogen-bond acceptors (Lipinski definition) is 5. The molecular weight excluding hydrogens is 400 g/mol. The Morgan fingerprint density at radius 3 is 2.30 bits per heavy atom. The molecule has 152 valence electrons. The van der Waals surface area contributed by atoms with Gasteiger partial charge in [-0.2, -0.15) is 4.31 Å². The Balaban J connectivity index is 1.58. The van der Waals surface area contributed by atoms with Crippen molar-refractivity contribution >= 4 is 16.1 Å². The first-order valence-electron chi connectivity index (χ1n) is 9.36.